The van der Waals surface area contributed by atoms with Crippen LogP contribution in [-0.2, 0) is 17.8 Å². The molecule has 2 N–H and O–H groups in total. The lowest BCUT2D eigenvalue weighted by molar-refractivity contribution is -0.113. The van der Waals surface area contributed by atoms with E-state index in [2.05, 4.69) is 30.5 Å². The van der Waals surface area contributed by atoms with Crippen LogP contribution in [0.1, 0.15) is 11.3 Å². The minimum atomic E-state index is -0.325. The summed E-state index contributed by atoms with van der Waals surface area (Å²) in [6.07, 6.45) is 1.85. The predicted octanol–water partition coefficient (Wildman–Crippen LogP) is 2.48. The van der Waals surface area contributed by atoms with Gasteiger partial charge in [-0.3, -0.25) is 9.78 Å². The molecule has 1 amide bonds. The topological polar surface area (TPSA) is 92.3 Å². The summed E-state index contributed by atoms with van der Waals surface area (Å²) in [5.74, 6) is 1.78. The summed E-state index contributed by atoms with van der Waals surface area (Å²) in [6, 6.07) is 7.55. The quantitative estimate of drug-likeness (QED) is 0.521. The first-order chi connectivity index (χ1) is 16.1. The number of ether oxygens (including phenoxy) is 1. The van der Waals surface area contributed by atoms with E-state index in [4.69, 9.17) is 4.74 Å². The number of rotatable bonds is 8. The molecule has 33 heavy (non-hydrogen) atoms. The molecule has 2 aliphatic heterocycles. The highest BCUT2D eigenvalue weighted by Gasteiger charge is 2.26. The summed E-state index contributed by atoms with van der Waals surface area (Å²) >= 11 is 1.52. The number of pyridine rings is 3. The second kappa shape index (κ2) is 9.58. The van der Waals surface area contributed by atoms with Crippen LogP contribution in [0.4, 0.5) is 10.2 Å². The van der Waals surface area contributed by atoms with Crippen molar-refractivity contribution < 1.29 is 13.9 Å². The Balaban J connectivity index is 1.09. The van der Waals surface area contributed by atoms with E-state index in [0.29, 0.717) is 52.9 Å². The molecule has 0 atom stereocenters. The van der Waals surface area contributed by atoms with Crippen molar-refractivity contribution in [2.24, 2.45) is 5.92 Å². The molecule has 2 aliphatic rings. The Bertz CT molecular complexity index is 1190. The Morgan fingerprint density at radius 2 is 2.15 bits per heavy atom. The normalized spacial score (nSPS) is 16.4. The molecule has 8 nitrogen and oxygen atoms in total. The number of aromatic nitrogens is 3. The molecule has 5 heterocycles. The van der Waals surface area contributed by atoms with Gasteiger partial charge in [-0.25, -0.2) is 14.4 Å². The zero-order valence-electron chi connectivity index (χ0n) is 18.3. The zero-order valence-corrected chi connectivity index (χ0v) is 19.1. The minimum absolute atomic E-state index is 0.00534. The molecule has 1 saturated heterocycles. The Morgan fingerprint density at radius 1 is 1.27 bits per heavy atom. The molecular formula is C23H25FN6O2S. The Kier molecular flexibility index (Phi) is 6.39. The van der Waals surface area contributed by atoms with Crippen molar-refractivity contribution in [1.82, 2.24) is 25.2 Å². The van der Waals surface area contributed by atoms with Gasteiger partial charge in [0.1, 0.15) is 11.6 Å². The number of anilines is 1. The molecule has 0 unspecified atom stereocenters. The molecule has 1 fully saturated rings. The number of hydrogen-bond acceptors (Lipinski definition) is 8. The first-order valence-electron chi connectivity index (χ1n) is 10.9. The number of likely N-dealkylation sites (tertiary alicyclic amines) is 1. The van der Waals surface area contributed by atoms with E-state index in [1.165, 1.54) is 18.0 Å². The van der Waals surface area contributed by atoms with Crippen molar-refractivity contribution in [1.29, 1.82) is 0 Å². The number of nitrogens with one attached hydrogen (secondary N) is 2. The van der Waals surface area contributed by atoms with E-state index in [9.17, 15) is 9.18 Å². The molecular weight excluding hydrogens is 443 g/mol. The molecule has 0 radical (unpaired) electrons. The fourth-order valence-electron chi connectivity index (χ4n) is 4.19. The van der Waals surface area contributed by atoms with Crippen LogP contribution in [0.25, 0.3) is 11.0 Å². The smallest absolute Gasteiger partial charge is 0.235 e. The van der Waals surface area contributed by atoms with Crippen molar-refractivity contribution in [3.63, 3.8) is 0 Å². The van der Waals surface area contributed by atoms with Gasteiger partial charge in [0.15, 0.2) is 0 Å². The average Bonchev–Trinajstić information content (AvgIpc) is 2.80. The molecule has 0 saturated carbocycles. The van der Waals surface area contributed by atoms with Gasteiger partial charge in [0.05, 0.1) is 40.7 Å². The lowest BCUT2D eigenvalue weighted by atomic mass is 9.99. The van der Waals surface area contributed by atoms with Crippen LogP contribution in [0.5, 0.6) is 5.88 Å². The number of hydrogen-bond donors (Lipinski definition) is 2. The highest BCUT2D eigenvalue weighted by molar-refractivity contribution is 8.00. The van der Waals surface area contributed by atoms with Gasteiger partial charge in [-0.1, -0.05) is 0 Å². The summed E-state index contributed by atoms with van der Waals surface area (Å²) in [7, 11) is 1.55. The van der Waals surface area contributed by atoms with Crippen molar-refractivity contribution in [3.05, 3.63) is 47.5 Å². The Labute approximate surface area is 195 Å². The van der Waals surface area contributed by atoms with Gasteiger partial charge in [-0.15, -0.1) is 11.8 Å². The second-order valence-corrected chi connectivity index (χ2v) is 9.32. The minimum Gasteiger partial charge on any atom is -0.481 e. The van der Waals surface area contributed by atoms with E-state index in [-0.39, 0.29) is 11.7 Å². The number of nitrogens with zero attached hydrogens (tertiary/aromatic N) is 4. The first kappa shape index (κ1) is 22.0. The van der Waals surface area contributed by atoms with Gasteiger partial charge in [0.2, 0.25) is 11.8 Å². The van der Waals surface area contributed by atoms with Crippen LogP contribution >= 0.6 is 11.8 Å². The molecule has 0 spiro atoms. The maximum Gasteiger partial charge on any atom is 0.235 e. The van der Waals surface area contributed by atoms with E-state index in [1.807, 2.05) is 12.1 Å². The van der Waals surface area contributed by atoms with Gasteiger partial charge in [-0.05, 0) is 30.5 Å². The van der Waals surface area contributed by atoms with Crippen molar-refractivity contribution in [3.8, 4) is 5.88 Å². The molecule has 3 aromatic rings. The fraction of sp³-hybridized carbons (Fsp3) is 0.391. The molecule has 0 bridgehead atoms. The number of methoxy groups -OCH3 is 1. The third-order valence-corrected chi connectivity index (χ3v) is 6.98. The van der Waals surface area contributed by atoms with E-state index in [1.54, 1.807) is 19.2 Å². The number of halogens is 1. The second-order valence-electron chi connectivity index (χ2n) is 8.30. The number of fused-ring (bicyclic) bond motifs is 2. The van der Waals surface area contributed by atoms with Gasteiger partial charge >= 0.3 is 0 Å². The number of carbonyl (C=O) groups is 1. The third kappa shape index (κ3) is 4.92. The highest BCUT2D eigenvalue weighted by Crippen LogP contribution is 2.29. The van der Waals surface area contributed by atoms with Crippen LogP contribution in [0.15, 0.2) is 35.4 Å². The maximum absolute atomic E-state index is 14.5. The molecule has 0 aromatic carbocycles. The molecule has 3 aromatic heterocycles. The average molecular weight is 469 g/mol. The Hall–Kier alpha value is -2.82. The van der Waals surface area contributed by atoms with Crippen molar-refractivity contribution in [2.75, 3.05) is 44.4 Å². The highest BCUT2D eigenvalue weighted by atomic mass is 32.2. The van der Waals surface area contributed by atoms with Gasteiger partial charge in [0.25, 0.3) is 0 Å². The molecule has 10 heteroatoms. The number of carbonyl (C=O) groups excluding carboxylic acids is 1. The van der Waals surface area contributed by atoms with Crippen LogP contribution in [-0.4, -0.2) is 64.8 Å². The van der Waals surface area contributed by atoms with E-state index in [0.717, 1.165) is 36.8 Å². The Morgan fingerprint density at radius 3 is 3.00 bits per heavy atom. The van der Waals surface area contributed by atoms with Crippen LogP contribution < -0.4 is 15.4 Å². The summed E-state index contributed by atoms with van der Waals surface area (Å²) in [4.78, 5) is 28.0. The molecule has 0 aliphatic carbocycles. The standard InChI is InChI=1S/C23H25FN6O2S/c1-32-21-5-3-18-22(29-21)16(17(24)10-26-18)6-7-30-11-14(12-30)8-25-9-15-2-4-19-23(27-15)28-20(31)13-33-19/h2-5,10,14,25H,6-9,11-13H2,1H3,(H,27,28,31). The van der Waals surface area contributed by atoms with E-state index < -0.39 is 0 Å². The van der Waals surface area contributed by atoms with Crippen LogP contribution in [0, 0.1) is 11.7 Å². The predicted molar refractivity (Wildman–Crippen MR) is 125 cm³/mol. The van der Waals surface area contributed by atoms with Crippen molar-refractivity contribution >= 4 is 34.5 Å². The maximum atomic E-state index is 14.5. The summed E-state index contributed by atoms with van der Waals surface area (Å²) in [6.45, 7) is 4.26. The van der Waals surface area contributed by atoms with Crippen LogP contribution in [0.2, 0.25) is 0 Å². The van der Waals surface area contributed by atoms with Crippen molar-refractivity contribution in [2.45, 2.75) is 17.9 Å². The van der Waals surface area contributed by atoms with Gasteiger partial charge in [-0.2, -0.15) is 0 Å². The first-order valence-corrected chi connectivity index (χ1v) is 11.9. The van der Waals surface area contributed by atoms with E-state index >= 15 is 0 Å². The lowest BCUT2D eigenvalue weighted by Crippen LogP contribution is -2.51. The summed E-state index contributed by atoms with van der Waals surface area (Å²) in [5.41, 5.74) is 2.74. The number of amides is 1. The monoisotopic (exact) mass is 468 g/mol. The summed E-state index contributed by atoms with van der Waals surface area (Å²) < 4.78 is 19.6. The fourth-order valence-corrected chi connectivity index (χ4v) is 4.95. The zero-order chi connectivity index (χ0) is 22.8. The largest absolute Gasteiger partial charge is 0.481 e. The third-order valence-electron chi connectivity index (χ3n) is 5.93. The lowest BCUT2D eigenvalue weighted by Gasteiger charge is -2.39. The SMILES string of the molecule is COc1ccc2ncc(F)c(CCN3CC(CNCc4ccc5c(n4)NC(=O)CS5)C3)c2n1. The summed E-state index contributed by atoms with van der Waals surface area (Å²) in [5, 5.41) is 6.29. The molecule has 5 rings (SSSR count). The molecule has 172 valence electrons. The van der Waals surface area contributed by atoms with Gasteiger partial charge < -0.3 is 20.3 Å². The number of thioether (sulfide) groups is 1. The van der Waals surface area contributed by atoms with Crippen LogP contribution in [0.3, 0.4) is 0 Å². The van der Waals surface area contributed by atoms with Gasteiger partial charge in [0, 0.05) is 44.4 Å².